The number of amides is 1. The summed E-state index contributed by atoms with van der Waals surface area (Å²) < 4.78 is 42.5. The molecule has 2 heterocycles. The van der Waals surface area contributed by atoms with Crippen molar-refractivity contribution in [1.29, 1.82) is 5.26 Å². The summed E-state index contributed by atoms with van der Waals surface area (Å²) in [6.45, 7) is 1.05. The van der Waals surface area contributed by atoms with Crippen LogP contribution in [0.3, 0.4) is 0 Å². The molecule has 3 aromatic rings. The van der Waals surface area contributed by atoms with E-state index in [0.29, 0.717) is 31.6 Å². The predicted octanol–water partition coefficient (Wildman–Crippen LogP) is 3.33. The lowest BCUT2D eigenvalue weighted by atomic mass is 9.98. The Balaban J connectivity index is 1.73. The Bertz CT molecular complexity index is 1290. The highest BCUT2D eigenvalue weighted by Gasteiger charge is 2.27. The number of hydrogen-bond donors (Lipinski definition) is 2. The first-order chi connectivity index (χ1) is 16.4. The predicted molar refractivity (Wildman–Crippen MR) is 120 cm³/mol. The molecule has 0 aliphatic carbocycles. The Labute approximate surface area is 194 Å². The number of ether oxygens (including phenoxy) is 2. The third-order valence-corrected chi connectivity index (χ3v) is 5.96. The minimum atomic E-state index is -1.14. The van der Waals surface area contributed by atoms with E-state index < -0.39 is 17.5 Å². The van der Waals surface area contributed by atoms with Crippen LogP contribution in [-0.2, 0) is 11.2 Å². The van der Waals surface area contributed by atoms with Gasteiger partial charge in [0.1, 0.15) is 28.9 Å². The molecule has 1 saturated heterocycles. The molecule has 2 aromatic carbocycles. The topological polar surface area (TPSA) is 129 Å². The number of nitriles is 1. The van der Waals surface area contributed by atoms with Crippen molar-refractivity contribution >= 4 is 11.7 Å². The highest BCUT2D eigenvalue weighted by atomic mass is 19.2. The van der Waals surface area contributed by atoms with Gasteiger partial charge in [0.05, 0.1) is 18.7 Å². The number of primary amides is 1. The van der Waals surface area contributed by atoms with Gasteiger partial charge in [-0.2, -0.15) is 10.4 Å². The standard InChI is InChI=1S/C24H23F2N5O3/c1-33-22-14(3-2-4-17(22)24(29)32)11-13-5-6-16(20(26)19(13)25)21-18(12-27)23(28)31(30-21)15-7-9-34-10-8-15/h2-6,15H,7-11,28H2,1H3,(H2,29,32). The number of hydrogen-bond acceptors (Lipinski definition) is 6. The van der Waals surface area contributed by atoms with Gasteiger partial charge in [0.2, 0.25) is 0 Å². The molecule has 1 fully saturated rings. The van der Waals surface area contributed by atoms with Gasteiger partial charge in [0.15, 0.2) is 11.6 Å². The number of carbonyl (C=O) groups excluding carboxylic acids is 1. The lowest BCUT2D eigenvalue weighted by Gasteiger charge is -2.23. The summed E-state index contributed by atoms with van der Waals surface area (Å²) >= 11 is 0. The molecule has 1 aromatic heterocycles. The number of methoxy groups -OCH3 is 1. The normalized spacial score (nSPS) is 14.1. The summed E-state index contributed by atoms with van der Waals surface area (Å²) in [5, 5.41) is 14.0. The van der Waals surface area contributed by atoms with E-state index >= 15 is 8.78 Å². The molecule has 34 heavy (non-hydrogen) atoms. The highest BCUT2D eigenvalue weighted by molar-refractivity contribution is 5.96. The number of halogens is 2. The van der Waals surface area contributed by atoms with E-state index in [0.717, 1.165) is 0 Å². The van der Waals surface area contributed by atoms with Gasteiger partial charge >= 0.3 is 0 Å². The summed E-state index contributed by atoms with van der Waals surface area (Å²) in [5.74, 6) is -2.61. The number of anilines is 1. The van der Waals surface area contributed by atoms with Gasteiger partial charge in [-0.25, -0.2) is 13.5 Å². The molecule has 1 aliphatic heterocycles. The zero-order valence-corrected chi connectivity index (χ0v) is 18.5. The minimum absolute atomic E-state index is 0.00614. The largest absolute Gasteiger partial charge is 0.496 e. The third kappa shape index (κ3) is 4.06. The van der Waals surface area contributed by atoms with Gasteiger partial charge in [0, 0.05) is 25.2 Å². The molecule has 4 rings (SSSR count). The smallest absolute Gasteiger partial charge is 0.252 e. The van der Waals surface area contributed by atoms with E-state index in [1.165, 1.54) is 30.0 Å². The Morgan fingerprint density at radius 3 is 2.62 bits per heavy atom. The Hall–Kier alpha value is -3.97. The lowest BCUT2D eigenvalue weighted by Crippen LogP contribution is -2.21. The molecule has 4 N–H and O–H groups in total. The molecule has 176 valence electrons. The number of benzene rings is 2. The Kier molecular flexibility index (Phi) is 6.47. The summed E-state index contributed by atoms with van der Waals surface area (Å²) in [6.07, 6.45) is 1.26. The van der Waals surface area contributed by atoms with Crippen molar-refractivity contribution < 1.29 is 23.0 Å². The lowest BCUT2D eigenvalue weighted by molar-refractivity contribution is 0.0669. The number of para-hydroxylation sites is 1. The number of nitrogen functional groups attached to an aromatic ring is 1. The molecule has 0 bridgehead atoms. The van der Waals surface area contributed by atoms with E-state index in [9.17, 15) is 10.1 Å². The van der Waals surface area contributed by atoms with Crippen molar-refractivity contribution in [2.75, 3.05) is 26.1 Å². The average Bonchev–Trinajstić information content (AvgIpc) is 3.18. The fourth-order valence-corrected chi connectivity index (χ4v) is 4.23. The van der Waals surface area contributed by atoms with Crippen molar-refractivity contribution in [2.24, 2.45) is 5.73 Å². The van der Waals surface area contributed by atoms with Crippen LogP contribution in [0.4, 0.5) is 14.6 Å². The summed E-state index contributed by atoms with van der Waals surface area (Å²) in [5.41, 5.74) is 12.0. The van der Waals surface area contributed by atoms with E-state index in [-0.39, 0.29) is 52.0 Å². The number of nitrogens with two attached hydrogens (primary N) is 2. The van der Waals surface area contributed by atoms with Crippen LogP contribution >= 0.6 is 0 Å². The maximum Gasteiger partial charge on any atom is 0.252 e. The van der Waals surface area contributed by atoms with Gasteiger partial charge < -0.3 is 20.9 Å². The number of carbonyl (C=O) groups is 1. The molecule has 8 nitrogen and oxygen atoms in total. The van der Waals surface area contributed by atoms with Gasteiger partial charge in [-0.1, -0.05) is 18.2 Å². The van der Waals surface area contributed by atoms with Crippen LogP contribution in [0.25, 0.3) is 11.3 Å². The average molecular weight is 467 g/mol. The second-order valence-corrected chi connectivity index (χ2v) is 7.95. The number of aromatic nitrogens is 2. The van der Waals surface area contributed by atoms with E-state index in [2.05, 4.69) is 5.10 Å². The highest BCUT2D eigenvalue weighted by Crippen LogP contribution is 2.35. The quantitative estimate of drug-likeness (QED) is 0.572. The zero-order valence-electron chi connectivity index (χ0n) is 18.5. The molecule has 0 unspecified atom stereocenters. The van der Waals surface area contributed by atoms with Gasteiger partial charge in [-0.05, 0) is 36.1 Å². The summed E-state index contributed by atoms with van der Waals surface area (Å²) in [6, 6.07) is 9.38. The molecular formula is C24H23F2N5O3. The summed E-state index contributed by atoms with van der Waals surface area (Å²) in [4.78, 5) is 11.7. The molecule has 0 atom stereocenters. The Morgan fingerprint density at radius 1 is 1.24 bits per heavy atom. The molecular weight excluding hydrogens is 444 g/mol. The van der Waals surface area contributed by atoms with Crippen LogP contribution in [0.1, 0.15) is 45.9 Å². The molecule has 0 spiro atoms. The van der Waals surface area contributed by atoms with E-state index in [4.69, 9.17) is 20.9 Å². The van der Waals surface area contributed by atoms with Crippen LogP contribution in [-0.4, -0.2) is 36.0 Å². The molecule has 1 aliphatic rings. The van der Waals surface area contributed by atoms with Gasteiger partial charge in [-0.15, -0.1) is 0 Å². The SMILES string of the molecule is COc1c(Cc2ccc(-c3nn(C4CCOCC4)c(N)c3C#N)c(F)c2F)cccc1C(N)=O. The zero-order chi connectivity index (χ0) is 24.4. The molecule has 10 heteroatoms. The van der Waals surface area contributed by atoms with Gasteiger partial charge in [-0.3, -0.25) is 4.79 Å². The first-order valence-electron chi connectivity index (χ1n) is 10.7. The first kappa shape index (κ1) is 23.2. The van der Waals surface area contributed by atoms with Crippen molar-refractivity contribution in [3.05, 3.63) is 64.2 Å². The van der Waals surface area contributed by atoms with Crippen LogP contribution < -0.4 is 16.2 Å². The molecule has 0 saturated carbocycles. The maximum atomic E-state index is 15.2. The molecule has 0 radical (unpaired) electrons. The maximum absolute atomic E-state index is 15.2. The fourth-order valence-electron chi connectivity index (χ4n) is 4.23. The van der Waals surface area contributed by atoms with Gasteiger partial charge in [0.25, 0.3) is 5.91 Å². The molecule has 1 amide bonds. The first-order valence-corrected chi connectivity index (χ1v) is 10.7. The van der Waals surface area contributed by atoms with E-state index in [1.807, 2.05) is 6.07 Å². The van der Waals surface area contributed by atoms with Crippen LogP contribution in [0.15, 0.2) is 30.3 Å². The second-order valence-electron chi connectivity index (χ2n) is 7.95. The third-order valence-electron chi connectivity index (χ3n) is 5.96. The van der Waals surface area contributed by atoms with E-state index in [1.54, 1.807) is 12.1 Å². The van der Waals surface area contributed by atoms with Crippen LogP contribution in [0.5, 0.6) is 5.75 Å². The van der Waals surface area contributed by atoms with Crippen molar-refractivity contribution in [1.82, 2.24) is 9.78 Å². The monoisotopic (exact) mass is 467 g/mol. The van der Waals surface area contributed by atoms with Crippen molar-refractivity contribution in [2.45, 2.75) is 25.3 Å². The van der Waals surface area contributed by atoms with Crippen molar-refractivity contribution in [3.8, 4) is 23.1 Å². The fraction of sp³-hybridized carbons (Fsp3) is 0.292. The number of nitrogens with zero attached hydrogens (tertiary/aromatic N) is 3. The van der Waals surface area contributed by atoms with Crippen LogP contribution in [0, 0.1) is 23.0 Å². The summed E-state index contributed by atoms with van der Waals surface area (Å²) in [7, 11) is 1.37. The van der Waals surface area contributed by atoms with Crippen LogP contribution in [0.2, 0.25) is 0 Å². The number of rotatable bonds is 6. The van der Waals surface area contributed by atoms with Crippen molar-refractivity contribution in [3.63, 3.8) is 0 Å². The minimum Gasteiger partial charge on any atom is -0.496 e. The Morgan fingerprint density at radius 2 is 1.97 bits per heavy atom. The second kappa shape index (κ2) is 9.49.